The number of para-hydroxylation sites is 1. The lowest BCUT2D eigenvalue weighted by molar-refractivity contribution is 0.0690. The van der Waals surface area contributed by atoms with Crippen molar-refractivity contribution in [1.29, 1.82) is 0 Å². The van der Waals surface area contributed by atoms with Gasteiger partial charge in [0.1, 0.15) is 5.75 Å². The van der Waals surface area contributed by atoms with E-state index in [1.54, 1.807) is 12.1 Å². The number of aromatic carboxylic acids is 1. The molecule has 3 aromatic rings. The lowest BCUT2D eigenvalue weighted by Gasteiger charge is -2.12. The van der Waals surface area contributed by atoms with Crippen molar-refractivity contribution >= 4 is 51.8 Å². The summed E-state index contributed by atoms with van der Waals surface area (Å²) in [5, 5.41) is 15.8. The Morgan fingerprint density at radius 3 is 2.59 bits per heavy atom. The zero-order valence-electron chi connectivity index (χ0n) is 15.1. The molecule has 0 fully saturated rings. The van der Waals surface area contributed by atoms with Gasteiger partial charge in [0.15, 0.2) is 5.69 Å². The molecular formula is C20H17Cl2N3O4. The van der Waals surface area contributed by atoms with Gasteiger partial charge < -0.3 is 20.5 Å². The Labute approximate surface area is 176 Å². The average molecular weight is 434 g/mol. The Morgan fingerprint density at radius 2 is 1.86 bits per heavy atom. The predicted octanol–water partition coefficient (Wildman–Crippen LogP) is 4.83. The number of benzene rings is 2. The van der Waals surface area contributed by atoms with Crippen LogP contribution in [0.15, 0.2) is 48.5 Å². The number of halogens is 2. The molecule has 2 aromatic carbocycles. The van der Waals surface area contributed by atoms with Crippen LogP contribution < -0.4 is 15.4 Å². The van der Waals surface area contributed by atoms with E-state index >= 15 is 0 Å². The third-order valence-electron chi connectivity index (χ3n) is 3.90. The summed E-state index contributed by atoms with van der Waals surface area (Å²) in [6.45, 7) is 0.607. The molecule has 0 spiro atoms. The highest BCUT2D eigenvalue weighted by atomic mass is 35.5. The molecule has 9 heteroatoms. The SMILES string of the molecule is O=C(NCCCOc1cc(C(=O)O)nc2cc(Cl)cc(Cl)c12)Nc1ccccc1. The molecule has 1 aromatic heterocycles. The molecule has 0 saturated heterocycles. The number of anilines is 1. The molecule has 0 bridgehead atoms. The number of amides is 2. The Balaban J connectivity index is 1.60. The van der Waals surface area contributed by atoms with Crippen LogP contribution in [0.1, 0.15) is 16.9 Å². The van der Waals surface area contributed by atoms with Gasteiger partial charge in [-0.2, -0.15) is 0 Å². The largest absolute Gasteiger partial charge is 0.493 e. The molecule has 0 atom stereocenters. The van der Waals surface area contributed by atoms with Crippen molar-refractivity contribution in [1.82, 2.24) is 10.3 Å². The van der Waals surface area contributed by atoms with Gasteiger partial charge in [0.25, 0.3) is 0 Å². The molecular weight excluding hydrogens is 417 g/mol. The van der Waals surface area contributed by atoms with Gasteiger partial charge in [-0.1, -0.05) is 41.4 Å². The maximum absolute atomic E-state index is 11.9. The molecule has 3 N–H and O–H groups in total. The maximum Gasteiger partial charge on any atom is 0.354 e. The molecule has 0 aliphatic rings. The molecule has 3 rings (SSSR count). The van der Waals surface area contributed by atoms with E-state index in [1.165, 1.54) is 18.2 Å². The van der Waals surface area contributed by atoms with Crippen LogP contribution in [0.3, 0.4) is 0 Å². The number of carboxylic acid groups (broad SMARTS) is 1. The molecule has 2 amide bonds. The highest BCUT2D eigenvalue weighted by Gasteiger charge is 2.15. The average Bonchev–Trinajstić information content (AvgIpc) is 2.67. The Hall–Kier alpha value is -3.03. The number of hydrogen-bond donors (Lipinski definition) is 3. The number of ether oxygens (including phenoxy) is 1. The van der Waals surface area contributed by atoms with Crippen LogP contribution in [0, 0.1) is 0 Å². The summed E-state index contributed by atoms with van der Waals surface area (Å²) in [5.74, 6) is -0.894. The lowest BCUT2D eigenvalue weighted by Crippen LogP contribution is -2.30. The van der Waals surface area contributed by atoms with Crippen molar-refractivity contribution in [2.24, 2.45) is 0 Å². The third kappa shape index (κ3) is 5.49. The molecule has 0 radical (unpaired) electrons. The predicted molar refractivity (Wildman–Crippen MR) is 112 cm³/mol. The normalized spacial score (nSPS) is 10.6. The minimum absolute atomic E-state index is 0.175. The summed E-state index contributed by atoms with van der Waals surface area (Å²) >= 11 is 12.2. The number of fused-ring (bicyclic) bond motifs is 1. The highest BCUT2D eigenvalue weighted by molar-refractivity contribution is 6.39. The Kier molecular flexibility index (Phi) is 6.74. The van der Waals surface area contributed by atoms with Crippen molar-refractivity contribution in [2.75, 3.05) is 18.5 Å². The smallest absolute Gasteiger partial charge is 0.354 e. The number of urea groups is 1. The van der Waals surface area contributed by atoms with Gasteiger partial charge in [0.05, 0.1) is 22.5 Å². The first-order chi connectivity index (χ1) is 13.9. The van der Waals surface area contributed by atoms with E-state index in [0.717, 1.165) is 0 Å². The summed E-state index contributed by atoms with van der Waals surface area (Å²) in [6.07, 6.45) is 0.500. The number of aromatic nitrogens is 1. The number of nitrogens with zero attached hydrogens (tertiary/aromatic N) is 1. The number of carboxylic acids is 1. The van der Waals surface area contributed by atoms with Crippen LogP contribution in [0.5, 0.6) is 5.75 Å². The summed E-state index contributed by atoms with van der Waals surface area (Å²) in [7, 11) is 0. The molecule has 0 aliphatic heterocycles. The quantitative estimate of drug-likeness (QED) is 0.463. The molecule has 7 nitrogen and oxygen atoms in total. The fourth-order valence-electron chi connectivity index (χ4n) is 2.63. The zero-order valence-corrected chi connectivity index (χ0v) is 16.6. The Morgan fingerprint density at radius 1 is 1.10 bits per heavy atom. The van der Waals surface area contributed by atoms with E-state index in [-0.39, 0.29) is 18.3 Å². The van der Waals surface area contributed by atoms with Crippen LogP contribution in [0.2, 0.25) is 10.0 Å². The van der Waals surface area contributed by atoms with E-state index in [4.69, 9.17) is 27.9 Å². The number of pyridine rings is 1. The van der Waals surface area contributed by atoms with Crippen LogP contribution in [-0.2, 0) is 0 Å². The number of rotatable bonds is 7. The second-order valence-corrected chi connectivity index (χ2v) is 6.89. The van der Waals surface area contributed by atoms with Gasteiger partial charge in [-0.3, -0.25) is 0 Å². The van der Waals surface area contributed by atoms with Gasteiger partial charge in [-0.05, 0) is 30.7 Å². The van der Waals surface area contributed by atoms with Gasteiger partial charge in [-0.25, -0.2) is 14.6 Å². The van der Waals surface area contributed by atoms with E-state index in [0.29, 0.717) is 45.4 Å². The van der Waals surface area contributed by atoms with Crippen molar-refractivity contribution < 1.29 is 19.4 Å². The summed E-state index contributed by atoms with van der Waals surface area (Å²) in [6, 6.07) is 13.1. The molecule has 1 heterocycles. The number of nitrogens with one attached hydrogen (secondary N) is 2. The summed E-state index contributed by atoms with van der Waals surface area (Å²) in [4.78, 5) is 27.2. The number of carbonyl (C=O) groups is 2. The topological polar surface area (TPSA) is 101 Å². The molecule has 150 valence electrons. The summed E-state index contributed by atoms with van der Waals surface area (Å²) in [5.41, 5.74) is 0.850. The van der Waals surface area contributed by atoms with Crippen LogP contribution in [0.4, 0.5) is 10.5 Å². The van der Waals surface area contributed by atoms with Crippen LogP contribution >= 0.6 is 23.2 Å². The highest BCUT2D eigenvalue weighted by Crippen LogP contribution is 2.34. The number of hydrogen-bond acceptors (Lipinski definition) is 4. The molecule has 0 aliphatic carbocycles. The van der Waals surface area contributed by atoms with Gasteiger partial charge >= 0.3 is 12.0 Å². The zero-order chi connectivity index (χ0) is 20.8. The minimum Gasteiger partial charge on any atom is -0.493 e. The van der Waals surface area contributed by atoms with E-state index in [1.807, 2.05) is 18.2 Å². The van der Waals surface area contributed by atoms with Gasteiger partial charge in [-0.15, -0.1) is 0 Å². The lowest BCUT2D eigenvalue weighted by atomic mass is 10.1. The first-order valence-corrected chi connectivity index (χ1v) is 9.45. The van der Waals surface area contributed by atoms with Crippen molar-refractivity contribution in [3.05, 3.63) is 64.3 Å². The van der Waals surface area contributed by atoms with E-state index in [9.17, 15) is 14.7 Å². The molecule has 29 heavy (non-hydrogen) atoms. The summed E-state index contributed by atoms with van der Waals surface area (Å²) < 4.78 is 5.73. The van der Waals surface area contributed by atoms with Gasteiger partial charge in [0.2, 0.25) is 0 Å². The Bertz CT molecular complexity index is 1040. The monoisotopic (exact) mass is 433 g/mol. The van der Waals surface area contributed by atoms with Crippen molar-refractivity contribution in [3.63, 3.8) is 0 Å². The van der Waals surface area contributed by atoms with Crippen molar-refractivity contribution in [3.8, 4) is 5.75 Å². The number of carbonyl (C=O) groups excluding carboxylic acids is 1. The first-order valence-electron chi connectivity index (χ1n) is 8.70. The van der Waals surface area contributed by atoms with Crippen LogP contribution in [-0.4, -0.2) is 35.2 Å². The maximum atomic E-state index is 11.9. The molecule has 0 unspecified atom stereocenters. The van der Waals surface area contributed by atoms with E-state index in [2.05, 4.69) is 15.6 Å². The second-order valence-electron chi connectivity index (χ2n) is 6.04. The van der Waals surface area contributed by atoms with Crippen LogP contribution in [0.25, 0.3) is 10.9 Å². The second kappa shape index (κ2) is 9.45. The van der Waals surface area contributed by atoms with Gasteiger partial charge in [0, 0.05) is 23.3 Å². The molecule has 0 saturated carbocycles. The fraction of sp³-hybridized carbons (Fsp3) is 0.150. The van der Waals surface area contributed by atoms with E-state index < -0.39 is 5.97 Å². The fourth-order valence-corrected chi connectivity index (χ4v) is 3.20. The third-order valence-corrected chi connectivity index (χ3v) is 4.42. The minimum atomic E-state index is -1.19. The standard InChI is InChI=1S/C20H17Cl2N3O4/c21-12-9-14(22)18-15(10-12)25-16(19(26)27)11-17(18)29-8-4-7-23-20(28)24-13-5-2-1-3-6-13/h1-3,5-6,9-11H,4,7-8H2,(H,26,27)(H2,23,24,28). The first kappa shape index (κ1) is 20.7. The van der Waals surface area contributed by atoms with Crippen molar-refractivity contribution in [2.45, 2.75) is 6.42 Å².